The molecule has 0 spiro atoms. The lowest BCUT2D eigenvalue weighted by molar-refractivity contribution is -0.114. The second-order valence-corrected chi connectivity index (χ2v) is 8.51. The summed E-state index contributed by atoms with van der Waals surface area (Å²) in [5.41, 5.74) is 1.94. The minimum Gasteiger partial charge on any atom is -0.490 e. The standard InChI is InChI=1S/C25H26N4O4S/c1-4-22-28-29-23(26)18(24(30)27-25(29)34-22)14-17-10-11-20(21(15-17)31-5-2)33-13-12-32-19-9-7-6-8-16(19)3/h6-11,14-15,26H,4-5,12-13H2,1-3H3/b18-14-,26-23?. The number of nitrogens with zero attached hydrogens (tertiary/aromatic N) is 3. The smallest absolute Gasteiger partial charge is 0.283 e. The van der Waals surface area contributed by atoms with Crippen LogP contribution in [0, 0.1) is 12.3 Å². The van der Waals surface area contributed by atoms with E-state index in [0.29, 0.717) is 42.1 Å². The van der Waals surface area contributed by atoms with Gasteiger partial charge < -0.3 is 14.2 Å². The van der Waals surface area contributed by atoms with Crippen molar-refractivity contribution < 1.29 is 19.0 Å². The number of thioether (sulfide) groups is 1. The lowest BCUT2D eigenvalue weighted by Crippen LogP contribution is -2.35. The number of carbonyl (C=O) groups excluding carboxylic acids is 1. The van der Waals surface area contributed by atoms with Gasteiger partial charge >= 0.3 is 0 Å². The molecule has 0 saturated heterocycles. The van der Waals surface area contributed by atoms with Gasteiger partial charge in [-0.25, -0.2) is 0 Å². The maximum absolute atomic E-state index is 12.6. The number of aryl methyl sites for hydroxylation is 1. The molecule has 2 aliphatic heterocycles. The van der Waals surface area contributed by atoms with Crippen molar-refractivity contribution in [3.05, 3.63) is 59.2 Å². The fraction of sp³-hybridized carbons (Fsp3) is 0.280. The van der Waals surface area contributed by atoms with E-state index in [1.54, 1.807) is 18.2 Å². The van der Waals surface area contributed by atoms with Gasteiger partial charge in [0.15, 0.2) is 17.3 Å². The Kier molecular flexibility index (Phi) is 7.32. The van der Waals surface area contributed by atoms with Crippen LogP contribution in [0.5, 0.6) is 17.2 Å². The van der Waals surface area contributed by atoms with E-state index >= 15 is 0 Å². The Hall–Kier alpha value is -3.59. The van der Waals surface area contributed by atoms with Gasteiger partial charge in [-0.05, 0) is 67.4 Å². The minimum atomic E-state index is -0.456. The summed E-state index contributed by atoms with van der Waals surface area (Å²) in [5.74, 6) is 1.52. The quantitative estimate of drug-likeness (QED) is 0.408. The number of amidine groups is 2. The number of hydrogen-bond acceptors (Lipinski definition) is 7. The number of hydrazone groups is 1. The lowest BCUT2D eigenvalue weighted by atomic mass is 10.1. The van der Waals surface area contributed by atoms with Gasteiger partial charge in [-0.15, -0.1) is 0 Å². The highest BCUT2D eigenvalue weighted by Gasteiger charge is 2.35. The van der Waals surface area contributed by atoms with Crippen molar-refractivity contribution in [3.8, 4) is 17.2 Å². The van der Waals surface area contributed by atoms with Crippen molar-refractivity contribution in [1.29, 1.82) is 5.41 Å². The Morgan fingerprint density at radius 2 is 1.79 bits per heavy atom. The van der Waals surface area contributed by atoms with Crippen LogP contribution in [0.1, 0.15) is 31.4 Å². The molecule has 0 saturated carbocycles. The van der Waals surface area contributed by atoms with E-state index in [2.05, 4.69) is 10.1 Å². The van der Waals surface area contributed by atoms with Crippen molar-refractivity contribution in [2.45, 2.75) is 27.2 Å². The zero-order chi connectivity index (χ0) is 24.1. The van der Waals surface area contributed by atoms with Crippen LogP contribution in [0.3, 0.4) is 0 Å². The molecule has 1 N–H and O–H groups in total. The Bertz CT molecular complexity index is 1210. The number of ether oxygens (including phenoxy) is 3. The summed E-state index contributed by atoms with van der Waals surface area (Å²) in [5, 5.41) is 15.5. The molecule has 0 atom stereocenters. The number of nitrogens with one attached hydrogen (secondary N) is 1. The van der Waals surface area contributed by atoms with Gasteiger partial charge in [0.1, 0.15) is 24.0 Å². The highest BCUT2D eigenvalue weighted by molar-refractivity contribution is 8.26. The zero-order valence-electron chi connectivity index (χ0n) is 19.3. The number of carbonyl (C=O) groups is 1. The fourth-order valence-electron chi connectivity index (χ4n) is 3.36. The first kappa shape index (κ1) is 23.6. The van der Waals surface area contributed by atoms with Gasteiger partial charge in [-0.2, -0.15) is 15.1 Å². The van der Waals surface area contributed by atoms with E-state index in [9.17, 15) is 4.79 Å². The number of rotatable bonds is 9. The van der Waals surface area contributed by atoms with E-state index in [0.717, 1.165) is 22.8 Å². The van der Waals surface area contributed by atoms with Crippen molar-refractivity contribution in [3.63, 3.8) is 0 Å². The van der Waals surface area contributed by atoms with Gasteiger partial charge in [0, 0.05) is 0 Å². The number of aliphatic imine (C=N–C) groups is 1. The normalized spacial score (nSPS) is 16.3. The predicted molar refractivity (Wildman–Crippen MR) is 135 cm³/mol. The van der Waals surface area contributed by atoms with E-state index in [1.165, 1.54) is 16.8 Å². The summed E-state index contributed by atoms with van der Waals surface area (Å²) < 4.78 is 17.4. The predicted octanol–water partition coefficient (Wildman–Crippen LogP) is 4.88. The van der Waals surface area contributed by atoms with Crippen LogP contribution < -0.4 is 14.2 Å². The van der Waals surface area contributed by atoms with Crippen LogP contribution in [0.4, 0.5) is 0 Å². The van der Waals surface area contributed by atoms with Gasteiger partial charge in [-0.1, -0.05) is 31.2 Å². The topological polar surface area (TPSA) is 96.6 Å². The molecular weight excluding hydrogens is 452 g/mol. The molecule has 0 aromatic heterocycles. The molecule has 8 nitrogen and oxygen atoms in total. The first-order valence-corrected chi connectivity index (χ1v) is 11.9. The maximum atomic E-state index is 12.6. The zero-order valence-corrected chi connectivity index (χ0v) is 20.1. The number of amides is 1. The van der Waals surface area contributed by atoms with Crippen molar-refractivity contribution in [2.24, 2.45) is 10.1 Å². The molecule has 0 aliphatic carbocycles. The van der Waals surface area contributed by atoms with Gasteiger partial charge in [-0.3, -0.25) is 10.2 Å². The van der Waals surface area contributed by atoms with Gasteiger partial charge in [0.05, 0.1) is 12.2 Å². The molecule has 0 radical (unpaired) electrons. The summed E-state index contributed by atoms with van der Waals surface area (Å²) in [4.78, 5) is 16.7. The molecule has 4 rings (SSSR count). The molecular formula is C25H26N4O4S. The number of fused-ring (bicyclic) bond motifs is 1. The highest BCUT2D eigenvalue weighted by atomic mass is 32.2. The van der Waals surface area contributed by atoms with Gasteiger partial charge in [0.2, 0.25) is 5.17 Å². The second kappa shape index (κ2) is 10.6. The average molecular weight is 479 g/mol. The minimum absolute atomic E-state index is 0.0117. The summed E-state index contributed by atoms with van der Waals surface area (Å²) in [6.07, 6.45) is 2.35. The SMILES string of the molecule is CCOc1cc(/C=C2/C(=N)N3N=C(CC)SC3=NC2=O)ccc1OCCOc1ccccc1C. The van der Waals surface area contributed by atoms with E-state index in [-0.39, 0.29) is 11.4 Å². The van der Waals surface area contributed by atoms with Crippen molar-refractivity contribution in [1.82, 2.24) is 5.01 Å². The van der Waals surface area contributed by atoms with E-state index < -0.39 is 5.91 Å². The third-order valence-electron chi connectivity index (χ3n) is 5.07. The van der Waals surface area contributed by atoms with Crippen LogP contribution in [0.15, 0.2) is 58.1 Å². The molecule has 0 bridgehead atoms. The molecule has 0 fully saturated rings. The van der Waals surface area contributed by atoms with Crippen LogP contribution >= 0.6 is 11.8 Å². The molecule has 2 aromatic carbocycles. The molecule has 1 amide bonds. The summed E-state index contributed by atoms with van der Waals surface area (Å²) in [7, 11) is 0. The molecule has 2 heterocycles. The van der Waals surface area contributed by atoms with E-state index in [4.69, 9.17) is 19.6 Å². The molecule has 34 heavy (non-hydrogen) atoms. The van der Waals surface area contributed by atoms with Crippen LogP contribution in [0.25, 0.3) is 6.08 Å². The van der Waals surface area contributed by atoms with Crippen molar-refractivity contribution in [2.75, 3.05) is 19.8 Å². The lowest BCUT2D eigenvalue weighted by Gasteiger charge is -2.20. The van der Waals surface area contributed by atoms with E-state index in [1.807, 2.05) is 51.1 Å². The number of para-hydroxylation sites is 1. The molecule has 9 heteroatoms. The average Bonchev–Trinajstić information content (AvgIpc) is 3.25. The molecule has 2 aliphatic rings. The van der Waals surface area contributed by atoms with Crippen LogP contribution in [0.2, 0.25) is 0 Å². The largest absolute Gasteiger partial charge is 0.490 e. The Morgan fingerprint density at radius 1 is 1.03 bits per heavy atom. The first-order valence-electron chi connectivity index (χ1n) is 11.1. The number of hydrogen-bond donors (Lipinski definition) is 1. The Labute approximate surface area is 202 Å². The molecule has 2 aromatic rings. The Balaban J connectivity index is 1.47. The fourth-order valence-corrected chi connectivity index (χ4v) is 4.19. The van der Waals surface area contributed by atoms with Gasteiger partial charge in [0.25, 0.3) is 5.91 Å². The third-order valence-corrected chi connectivity index (χ3v) is 6.12. The third kappa shape index (κ3) is 5.14. The van der Waals surface area contributed by atoms with Crippen LogP contribution in [-0.2, 0) is 4.79 Å². The van der Waals surface area contributed by atoms with Crippen LogP contribution in [-0.4, -0.2) is 46.8 Å². The monoisotopic (exact) mass is 478 g/mol. The number of benzene rings is 2. The summed E-state index contributed by atoms with van der Waals surface area (Å²) in [6, 6.07) is 13.2. The Morgan fingerprint density at radius 3 is 2.53 bits per heavy atom. The highest BCUT2D eigenvalue weighted by Crippen LogP contribution is 2.32. The molecule has 0 unspecified atom stereocenters. The summed E-state index contributed by atoms with van der Waals surface area (Å²) in [6.45, 7) is 7.05. The van der Waals surface area contributed by atoms with Crippen molar-refractivity contribution >= 4 is 39.8 Å². The first-order chi connectivity index (χ1) is 16.5. The summed E-state index contributed by atoms with van der Waals surface area (Å²) >= 11 is 1.32. The maximum Gasteiger partial charge on any atom is 0.283 e. The second-order valence-electron chi connectivity index (χ2n) is 7.47. The molecule has 176 valence electrons.